The van der Waals surface area contributed by atoms with Gasteiger partial charge >= 0.3 is 12.1 Å². The summed E-state index contributed by atoms with van der Waals surface area (Å²) in [6, 6.07) is 0.0129. The number of piperazine rings is 1. The molecule has 3 saturated heterocycles. The minimum atomic E-state index is -1.71. The van der Waals surface area contributed by atoms with Crippen LogP contribution in [0.5, 0.6) is 0 Å². The molecule has 4 atom stereocenters. The van der Waals surface area contributed by atoms with Crippen molar-refractivity contribution in [3.8, 4) is 0 Å². The lowest BCUT2D eigenvalue weighted by molar-refractivity contribution is -0.167. The number of carbonyl (C=O) groups excluding carboxylic acids is 3. The number of amides is 1. The van der Waals surface area contributed by atoms with E-state index in [4.69, 9.17) is 29.4 Å². The van der Waals surface area contributed by atoms with E-state index in [1.54, 1.807) is 14.0 Å². The number of nitrogens with one attached hydrogen (secondary N) is 1. The number of fused-ring (bicyclic) bond motifs is 4. The Morgan fingerprint density at radius 3 is 2.39 bits per heavy atom. The van der Waals surface area contributed by atoms with Gasteiger partial charge in [-0.3, -0.25) is 9.59 Å². The van der Waals surface area contributed by atoms with E-state index in [1.165, 1.54) is 0 Å². The third-order valence-corrected chi connectivity index (χ3v) is 9.56. The number of ether oxygens (including phenoxy) is 5. The van der Waals surface area contributed by atoms with Crippen LogP contribution in [0.4, 0.5) is 4.79 Å². The number of ketones is 1. The molecular weight excluding hydrogens is 590 g/mol. The number of allylic oxidation sites excluding steroid dienone is 6. The third-order valence-electron chi connectivity index (χ3n) is 9.56. The second kappa shape index (κ2) is 15.1. The Morgan fingerprint density at radius 1 is 1.02 bits per heavy atom. The van der Waals surface area contributed by atoms with Crippen molar-refractivity contribution >= 4 is 17.8 Å². The first-order valence-corrected chi connectivity index (χ1v) is 16.8. The van der Waals surface area contributed by atoms with Gasteiger partial charge in [-0.2, -0.15) is 0 Å². The molecule has 5 rings (SSSR count). The van der Waals surface area contributed by atoms with Gasteiger partial charge in [-0.1, -0.05) is 62.6 Å². The van der Waals surface area contributed by atoms with Gasteiger partial charge < -0.3 is 39.6 Å². The van der Waals surface area contributed by atoms with E-state index in [-0.39, 0.29) is 50.1 Å². The van der Waals surface area contributed by atoms with Gasteiger partial charge in [0.15, 0.2) is 11.5 Å². The van der Waals surface area contributed by atoms with E-state index >= 15 is 0 Å². The van der Waals surface area contributed by atoms with Crippen molar-refractivity contribution in [3.05, 3.63) is 59.1 Å². The van der Waals surface area contributed by atoms with Crippen LogP contribution in [0.15, 0.2) is 59.1 Å². The van der Waals surface area contributed by atoms with Crippen molar-refractivity contribution in [3.63, 3.8) is 0 Å². The number of nitrogens with two attached hydrogens (primary N) is 1. The summed E-state index contributed by atoms with van der Waals surface area (Å²) in [6.45, 7) is 4.62. The molecule has 0 saturated carbocycles. The number of rotatable bonds is 17. The fraction of sp³-hybridized carbons (Fsp3) is 0.629. The van der Waals surface area contributed by atoms with Gasteiger partial charge in [0.05, 0.1) is 30.9 Å². The smallest absolute Gasteiger partial charge is 0.404 e. The Kier molecular flexibility index (Phi) is 11.2. The topological polar surface area (TPSA) is 149 Å². The van der Waals surface area contributed by atoms with E-state index in [1.807, 2.05) is 4.90 Å². The number of methoxy groups -OCH3 is 1. The van der Waals surface area contributed by atoms with Crippen LogP contribution >= 0.6 is 0 Å². The lowest BCUT2D eigenvalue weighted by Crippen LogP contribution is -2.55. The predicted molar refractivity (Wildman–Crippen MR) is 171 cm³/mol. The monoisotopic (exact) mass is 639 g/mol. The third kappa shape index (κ3) is 6.60. The highest BCUT2D eigenvalue weighted by Gasteiger charge is 2.74. The molecule has 46 heavy (non-hydrogen) atoms. The van der Waals surface area contributed by atoms with Crippen LogP contribution in [0.3, 0.4) is 0 Å². The lowest BCUT2D eigenvalue weighted by Gasteiger charge is -2.40. The number of nitrogens with zero attached hydrogens (tertiary/aromatic N) is 1. The molecule has 0 aromatic carbocycles. The SMILES string of the molecule is CC/C=C/C/C=C/C/C=C/CCCCCCCC(=O)OC1=C(C)C2(OCCO2)C(=O)C2=C1N1C[C@@H]3N[C@@H]3[C@]1(OC)[C@@H]2COC(N)=O. The highest BCUT2D eigenvalue weighted by molar-refractivity contribution is 6.07. The first-order valence-electron chi connectivity index (χ1n) is 16.8. The second-order valence-electron chi connectivity index (χ2n) is 12.4. The number of hydrogen-bond acceptors (Lipinski definition) is 10. The molecule has 4 aliphatic heterocycles. The number of primary amides is 1. The van der Waals surface area contributed by atoms with E-state index in [0.717, 1.165) is 51.4 Å². The molecule has 0 aromatic heterocycles. The van der Waals surface area contributed by atoms with Crippen LogP contribution in [-0.2, 0) is 33.3 Å². The van der Waals surface area contributed by atoms with Gasteiger partial charge in [-0.05, 0) is 45.4 Å². The average Bonchev–Trinajstić information content (AvgIpc) is 3.38. The molecule has 0 unspecified atom stereocenters. The molecular formula is C35H49N3O8. The van der Waals surface area contributed by atoms with Gasteiger partial charge in [0.1, 0.15) is 6.61 Å². The van der Waals surface area contributed by atoms with E-state index < -0.39 is 29.3 Å². The summed E-state index contributed by atoms with van der Waals surface area (Å²) in [6.07, 6.45) is 21.5. The lowest BCUT2D eigenvalue weighted by atomic mass is 9.80. The first-order chi connectivity index (χ1) is 22.3. The summed E-state index contributed by atoms with van der Waals surface area (Å²) < 4.78 is 29.4. The minimum absolute atomic E-state index is 0.110. The van der Waals surface area contributed by atoms with E-state index in [2.05, 4.69) is 48.7 Å². The summed E-state index contributed by atoms with van der Waals surface area (Å²) in [7, 11) is 1.57. The van der Waals surface area contributed by atoms with Crippen LogP contribution in [-0.4, -0.2) is 79.8 Å². The fourth-order valence-corrected chi connectivity index (χ4v) is 7.31. The van der Waals surface area contributed by atoms with Crippen LogP contribution in [0.2, 0.25) is 0 Å². The van der Waals surface area contributed by atoms with E-state index in [9.17, 15) is 14.4 Å². The maximum absolute atomic E-state index is 14.2. The van der Waals surface area contributed by atoms with Crippen molar-refractivity contribution in [2.75, 3.05) is 33.5 Å². The van der Waals surface area contributed by atoms with Gasteiger partial charge in [-0.25, -0.2) is 4.79 Å². The normalized spacial score (nSPS) is 27.8. The first kappa shape index (κ1) is 34.1. The molecule has 0 aromatic rings. The summed E-state index contributed by atoms with van der Waals surface area (Å²) in [5, 5.41) is 3.40. The Bertz CT molecular complexity index is 1310. The molecule has 3 fully saturated rings. The molecule has 0 bridgehead atoms. The molecule has 4 heterocycles. The van der Waals surface area contributed by atoms with Crippen molar-refractivity contribution in [2.24, 2.45) is 11.7 Å². The molecule has 1 spiro atoms. The standard InChI is InChI=1S/C35H49N3O8/c1-4-5-6-7-8-9-10-11-12-13-14-15-16-17-18-19-27(39)46-30-24(2)35(44-20-21-45-35)32(40)28-25(23-43-33(36)41)34(42-3)31-26(37-31)22-38(34)29(28)30/h5-6,8-9,11-12,25-26,31,37H,4,7,10,13-23H2,1-3H3,(H2,36,41)/b6-5+,9-8+,12-11+/t25-,26+,31+,34-/m1/s1. The van der Waals surface area contributed by atoms with Gasteiger partial charge in [0.2, 0.25) is 5.78 Å². The number of unbranched alkanes of at least 4 members (excludes halogenated alkanes) is 5. The molecule has 1 amide bonds. The predicted octanol–water partition coefficient (Wildman–Crippen LogP) is 4.70. The number of carbonyl (C=O) groups is 3. The Labute approximate surface area is 271 Å². The van der Waals surface area contributed by atoms with Crippen LogP contribution < -0.4 is 11.1 Å². The molecule has 252 valence electrons. The zero-order valence-electron chi connectivity index (χ0n) is 27.4. The van der Waals surface area contributed by atoms with Crippen LogP contribution in [0.25, 0.3) is 0 Å². The zero-order valence-corrected chi connectivity index (χ0v) is 27.4. The van der Waals surface area contributed by atoms with Gasteiger partial charge in [-0.15, -0.1) is 0 Å². The van der Waals surface area contributed by atoms with Crippen molar-refractivity contribution < 1.29 is 38.1 Å². The Morgan fingerprint density at radius 2 is 1.70 bits per heavy atom. The molecule has 5 aliphatic rings. The molecule has 3 N–H and O–H groups in total. The number of Topliss-reactive ketones (excluding diaryl/α,β-unsaturated/α-hetero) is 1. The molecule has 0 radical (unpaired) electrons. The summed E-state index contributed by atoms with van der Waals surface area (Å²) in [5.74, 6) is -2.94. The second-order valence-corrected chi connectivity index (χ2v) is 12.4. The molecule has 11 nitrogen and oxygen atoms in total. The number of hydrogen-bond donors (Lipinski definition) is 2. The Hall–Kier alpha value is -3.25. The van der Waals surface area contributed by atoms with E-state index in [0.29, 0.717) is 29.8 Å². The molecule has 1 aliphatic carbocycles. The highest BCUT2D eigenvalue weighted by Crippen LogP contribution is 2.59. The summed E-state index contributed by atoms with van der Waals surface area (Å²) in [5.41, 5.74) is 5.49. The summed E-state index contributed by atoms with van der Waals surface area (Å²) >= 11 is 0. The Balaban J connectivity index is 1.18. The largest absolute Gasteiger partial charge is 0.449 e. The van der Waals surface area contributed by atoms with Gasteiger partial charge in [0, 0.05) is 37.3 Å². The van der Waals surface area contributed by atoms with Crippen LogP contribution in [0.1, 0.15) is 78.1 Å². The molecule has 11 heteroatoms. The minimum Gasteiger partial charge on any atom is -0.449 e. The zero-order chi connectivity index (χ0) is 32.7. The fourth-order valence-electron chi connectivity index (χ4n) is 7.31. The van der Waals surface area contributed by atoms with Gasteiger partial charge in [0.25, 0.3) is 5.79 Å². The maximum Gasteiger partial charge on any atom is 0.404 e. The number of esters is 1. The van der Waals surface area contributed by atoms with Crippen LogP contribution in [0, 0.1) is 5.92 Å². The highest BCUT2D eigenvalue weighted by atomic mass is 16.7. The quantitative estimate of drug-likeness (QED) is 0.0993. The van der Waals surface area contributed by atoms with Crippen molar-refractivity contribution in [1.82, 2.24) is 10.2 Å². The summed E-state index contributed by atoms with van der Waals surface area (Å²) in [4.78, 5) is 41.1. The van der Waals surface area contributed by atoms with Crippen molar-refractivity contribution in [1.29, 1.82) is 0 Å². The van der Waals surface area contributed by atoms with Crippen molar-refractivity contribution in [2.45, 2.75) is 102 Å². The maximum atomic E-state index is 14.2. The average molecular weight is 640 g/mol.